The fourth-order valence-corrected chi connectivity index (χ4v) is 1.35. The van der Waals surface area contributed by atoms with E-state index in [2.05, 4.69) is 15.6 Å². The fourth-order valence-electron chi connectivity index (χ4n) is 1.35. The summed E-state index contributed by atoms with van der Waals surface area (Å²) in [5.41, 5.74) is 2.61. The minimum atomic E-state index is -0.197. The highest BCUT2D eigenvalue weighted by Crippen LogP contribution is 2.04. The maximum absolute atomic E-state index is 12.0. The number of nitrogens with two attached hydrogens (primary N) is 1. The van der Waals surface area contributed by atoms with Gasteiger partial charge in [0.15, 0.2) is 11.5 Å². The largest absolute Gasteiger partial charge is 0.396 e. The number of nitrogen functional groups attached to an aromatic ring is 1. The van der Waals surface area contributed by atoms with Crippen LogP contribution in [0.5, 0.6) is 0 Å². The Hall–Kier alpha value is -1.73. The summed E-state index contributed by atoms with van der Waals surface area (Å²) in [5.74, 6) is 5.36. The van der Waals surface area contributed by atoms with Crippen molar-refractivity contribution in [2.75, 3.05) is 25.1 Å². The summed E-state index contributed by atoms with van der Waals surface area (Å²) >= 11 is 0. The lowest BCUT2D eigenvalue weighted by atomic mass is 10.3. The summed E-state index contributed by atoms with van der Waals surface area (Å²) in [6.07, 6.45) is 0.551. The molecule has 0 unspecified atom stereocenters. The lowest BCUT2D eigenvalue weighted by Crippen LogP contribution is -2.33. The van der Waals surface area contributed by atoms with Crippen LogP contribution in [-0.4, -0.2) is 45.8 Å². The van der Waals surface area contributed by atoms with Crippen LogP contribution in [0.2, 0.25) is 0 Å². The highest BCUT2D eigenvalue weighted by molar-refractivity contribution is 5.92. The number of amides is 1. The number of aliphatic hydroxyl groups excluding tert-OH is 1. The van der Waals surface area contributed by atoms with E-state index in [1.165, 1.54) is 0 Å². The molecule has 1 aromatic heterocycles. The molecular weight excluding hydrogens is 222 g/mol. The summed E-state index contributed by atoms with van der Waals surface area (Å²) in [4.78, 5) is 13.6. The molecule has 0 fully saturated rings. The number of carbonyl (C=O) groups excluding carboxylic acids is 1. The van der Waals surface area contributed by atoms with Gasteiger partial charge in [-0.15, -0.1) is 10.2 Å². The second-order valence-electron chi connectivity index (χ2n) is 3.41. The van der Waals surface area contributed by atoms with Crippen molar-refractivity contribution in [2.24, 2.45) is 5.84 Å². The van der Waals surface area contributed by atoms with E-state index in [-0.39, 0.29) is 18.2 Å². The lowest BCUT2D eigenvalue weighted by molar-refractivity contribution is 0.0747. The van der Waals surface area contributed by atoms with Crippen molar-refractivity contribution in [3.8, 4) is 0 Å². The molecular formula is C10H17N5O2. The second-order valence-corrected chi connectivity index (χ2v) is 3.41. The van der Waals surface area contributed by atoms with E-state index >= 15 is 0 Å². The molecule has 0 aliphatic rings. The molecule has 0 spiro atoms. The van der Waals surface area contributed by atoms with Crippen molar-refractivity contribution < 1.29 is 9.90 Å². The standard InChI is InChI=1S/C10H17N5O2/c1-2-15(6-3-7-16)10(17)8-4-5-9(12-11)14-13-8/h4-5,16H,2-3,6-7,11H2,1H3,(H,12,14). The Kier molecular flexibility index (Phi) is 5.31. The number of hydrogen-bond donors (Lipinski definition) is 3. The molecule has 7 nitrogen and oxygen atoms in total. The van der Waals surface area contributed by atoms with Gasteiger partial charge in [0.1, 0.15) is 0 Å². The first-order valence-corrected chi connectivity index (χ1v) is 5.43. The number of nitrogens with zero attached hydrogens (tertiary/aromatic N) is 3. The molecule has 7 heteroatoms. The molecule has 0 saturated carbocycles. The molecule has 0 atom stereocenters. The molecule has 17 heavy (non-hydrogen) atoms. The molecule has 1 aromatic rings. The minimum absolute atomic E-state index is 0.0610. The van der Waals surface area contributed by atoms with Crippen LogP contribution < -0.4 is 11.3 Å². The monoisotopic (exact) mass is 239 g/mol. The molecule has 0 radical (unpaired) electrons. The number of hydrogen-bond acceptors (Lipinski definition) is 6. The smallest absolute Gasteiger partial charge is 0.274 e. The zero-order valence-electron chi connectivity index (χ0n) is 9.76. The van der Waals surface area contributed by atoms with Crippen molar-refractivity contribution in [1.29, 1.82) is 0 Å². The van der Waals surface area contributed by atoms with Crippen LogP contribution in [0.1, 0.15) is 23.8 Å². The maximum Gasteiger partial charge on any atom is 0.274 e. The maximum atomic E-state index is 12.0. The number of aromatic nitrogens is 2. The van der Waals surface area contributed by atoms with Gasteiger partial charge in [-0.2, -0.15) is 0 Å². The Bertz CT molecular complexity index is 354. The van der Waals surface area contributed by atoms with Crippen LogP contribution in [-0.2, 0) is 0 Å². The van der Waals surface area contributed by atoms with Crippen LogP contribution in [0.25, 0.3) is 0 Å². The van der Waals surface area contributed by atoms with E-state index in [0.717, 1.165) is 0 Å². The molecule has 1 rings (SSSR count). The quantitative estimate of drug-likeness (QED) is 0.461. The Morgan fingerprint density at radius 3 is 2.76 bits per heavy atom. The van der Waals surface area contributed by atoms with E-state index in [9.17, 15) is 4.79 Å². The molecule has 0 bridgehead atoms. The Morgan fingerprint density at radius 1 is 1.53 bits per heavy atom. The van der Waals surface area contributed by atoms with E-state index in [4.69, 9.17) is 10.9 Å². The number of carbonyl (C=O) groups is 1. The van der Waals surface area contributed by atoms with Gasteiger partial charge in [-0.25, -0.2) is 5.84 Å². The zero-order chi connectivity index (χ0) is 12.7. The van der Waals surface area contributed by atoms with E-state index < -0.39 is 0 Å². The van der Waals surface area contributed by atoms with E-state index in [1.807, 2.05) is 6.92 Å². The predicted molar refractivity (Wildman–Crippen MR) is 63.1 cm³/mol. The third kappa shape index (κ3) is 3.65. The van der Waals surface area contributed by atoms with Crippen molar-refractivity contribution in [2.45, 2.75) is 13.3 Å². The van der Waals surface area contributed by atoms with Gasteiger partial charge in [0.25, 0.3) is 5.91 Å². The van der Waals surface area contributed by atoms with Crippen LogP contribution in [0.3, 0.4) is 0 Å². The molecule has 0 aromatic carbocycles. The summed E-state index contributed by atoms with van der Waals surface area (Å²) in [5, 5.41) is 16.3. The predicted octanol–water partition coefficient (Wildman–Crippen LogP) is -0.393. The lowest BCUT2D eigenvalue weighted by Gasteiger charge is -2.19. The Balaban J connectivity index is 2.71. The summed E-state index contributed by atoms with van der Waals surface area (Å²) < 4.78 is 0. The molecule has 0 saturated heterocycles. The number of rotatable bonds is 6. The summed E-state index contributed by atoms with van der Waals surface area (Å²) in [7, 11) is 0. The Morgan fingerprint density at radius 2 is 2.29 bits per heavy atom. The van der Waals surface area contributed by atoms with Crippen LogP contribution in [0.4, 0.5) is 5.82 Å². The van der Waals surface area contributed by atoms with Gasteiger partial charge in [-0.05, 0) is 25.5 Å². The van der Waals surface area contributed by atoms with Gasteiger partial charge in [0.2, 0.25) is 0 Å². The first-order valence-electron chi connectivity index (χ1n) is 5.43. The minimum Gasteiger partial charge on any atom is -0.396 e. The summed E-state index contributed by atoms with van der Waals surface area (Å²) in [6, 6.07) is 3.15. The van der Waals surface area contributed by atoms with Crippen molar-refractivity contribution in [3.63, 3.8) is 0 Å². The molecule has 1 amide bonds. The fraction of sp³-hybridized carbons (Fsp3) is 0.500. The highest BCUT2D eigenvalue weighted by Gasteiger charge is 2.15. The SMILES string of the molecule is CCN(CCCO)C(=O)c1ccc(NN)nn1. The van der Waals surface area contributed by atoms with Crippen molar-refractivity contribution >= 4 is 11.7 Å². The number of hydrazine groups is 1. The second kappa shape index (κ2) is 6.77. The number of nitrogens with one attached hydrogen (secondary N) is 1. The normalized spacial score (nSPS) is 10.1. The van der Waals surface area contributed by atoms with Crippen LogP contribution >= 0.6 is 0 Å². The van der Waals surface area contributed by atoms with Gasteiger partial charge >= 0.3 is 0 Å². The first kappa shape index (κ1) is 13.3. The summed E-state index contributed by atoms with van der Waals surface area (Å²) in [6.45, 7) is 3.01. The van der Waals surface area contributed by atoms with Gasteiger partial charge in [-0.3, -0.25) is 4.79 Å². The molecule has 1 heterocycles. The topological polar surface area (TPSA) is 104 Å². The molecule has 94 valence electrons. The van der Waals surface area contributed by atoms with Crippen LogP contribution in [0, 0.1) is 0 Å². The average molecular weight is 239 g/mol. The third-order valence-corrected chi connectivity index (χ3v) is 2.29. The van der Waals surface area contributed by atoms with Gasteiger partial charge in [-0.1, -0.05) is 0 Å². The first-order chi connectivity index (χ1) is 8.22. The van der Waals surface area contributed by atoms with Gasteiger partial charge in [0.05, 0.1) is 0 Å². The van der Waals surface area contributed by atoms with Gasteiger partial charge in [0, 0.05) is 19.7 Å². The Labute approximate surface area is 99.6 Å². The van der Waals surface area contributed by atoms with Crippen LogP contribution in [0.15, 0.2) is 12.1 Å². The van der Waals surface area contributed by atoms with E-state index in [0.29, 0.717) is 25.3 Å². The van der Waals surface area contributed by atoms with Crippen molar-refractivity contribution in [3.05, 3.63) is 17.8 Å². The van der Waals surface area contributed by atoms with Gasteiger partial charge < -0.3 is 15.4 Å². The zero-order valence-corrected chi connectivity index (χ0v) is 9.76. The van der Waals surface area contributed by atoms with E-state index in [1.54, 1.807) is 17.0 Å². The number of anilines is 1. The van der Waals surface area contributed by atoms with Crippen molar-refractivity contribution in [1.82, 2.24) is 15.1 Å². The highest BCUT2D eigenvalue weighted by atomic mass is 16.3. The molecule has 0 aliphatic heterocycles. The molecule has 4 N–H and O–H groups in total. The molecule has 0 aliphatic carbocycles. The third-order valence-electron chi connectivity index (χ3n) is 2.29. The average Bonchev–Trinajstić information content (AvgIpc) is 2.39. The number of aliphatic hydroxyl groups is 1.